The SMILES string of the molecule is CCc1ccc(C(O)CN(CC2CC2)C(C)C)cc1. The highest BCUT2D eigenvalue weighted by Crippen LogP contribution is 2.31. The number of aliphatic hydroxyl groups is 1. The summed E-state index contributed by atoms with van der Waals surface area (Å²) in [5.41, 5.74) is 2.37. The van der Waals surface area contributed by atoms with Crippen molar-refractivity contribution < 1.29 is 5.11 Å². The van der Waals surface area contributed by atoms with Crippen LogP contribution in [-0.4, -0.2) is 29.1 Å². The second-order valence-corrected chi connectivity index (χ2v) is 6.10. The maximum atomic E-state index is 10.4. The lowest BCUT2D eigenvalue weighted by Gasteiger charge is -2.29. The summed E-state index contributed by atoms with van der Waals surface area (Å²) in [6.07, 6.45) is 3.41. The molecule has 1 atom stereocenters. The van der Waals surface area contributed by atoms with E-state index in [0.29, 0.717) is 6.04 Å². The van der Waals surface area contributed by atoms with Crippen LogP contribution < -0.4 is 0 Å². The molecule has 0 radical (unpaired) electrons. The minimum Gasteiger partial charge on any atom is -0.387 e. The molecular weight excluding hydrogens is 234 g/mol. The van der Waals surface area contributed by atoms with Crippen molar-refractivity contribution in [3.63, 3.8) is 0 Å². The van der Waals surface area contributed by atoms with Gasteiger partial charge in [-0.3, -0.25) is 4.90 Å². The lowest BCUT2D eigenvalue weighted by molar-refractivity contribution is 0.0923. The van der Waals surface area contributed by atoms with Crippen molar-refractivity contribution in [2.24, 2.45) is 5.92 Å². The molecule has 0 aliphatic heterocycles. The summed E-state index contributed by atoms with van der Waals surface area (Å²) in [5.74, 6) is 0.872. The Bertz CT molecular complexity index is 381. The van der Waals surface area contributed by atoms with Crippen molar-refractivity contribution in [1.82, 2.24) is 4.90 Å². The smallest absolute Gasteiger partial charge is 0.0917 e. The lowest BCUT2D eigenvalue weighted by atomic mass is 10.0. The van der Waals surface area contributed by atoms with Gasteiger partial charge in [0.25, 0.3) is 0 Å². The monoisotopic (exact) mass is 261 g/mol. The number of benzene rings is 1. The molecule has 1 fully saturated rings. The lowest BCUT2D eigenvalue weighted by Crippen LogP contribution is -2.36. The maximum absolute atomic E-state index is 10.4. The van der Waals surface area contributed by atoms with Gasteiger partial charge in [0.05, 0.1) is 6.10 Å². The molecule has 1 aromatic rings. The number of hydrogen-bond acceptors (Lipinski definition) is 2. The highest BCUT2D eigenvalue weighted by molar-refractivity contribution is 5.24. The molecule has 0 bridgehead atoms. The van der Waals surface area contributed by atoms with Gasteiger partial charge in [-0.2, -0.15) is 0 Å². The predicted molar refractivity (Wildman–Crippen MR) is 80.2 cm³/mol. The Morgan fingerprint density at radius 1 is 1.21 bits per heavy atom. The normalized spacial score (nSPS) is 17.2. The van der Waals surface area contributed by atoms with Gasteiger partial charge in [0.1, 0.15) is 0 Å². The first-order chi connectivity index (χ1) is 9.10. The zero-order valence-corrected chi connectivity index (χ0v) is 12.5. The van der Waals surface area contributed by atoms with Crippen LogP contribution in [0.15, 0.2) is 24.3 Å². The molecule has 19 heavy (non-hydrogen) atoms. The van der Waals surface area contributed by atoms with Crippen molar-refractivity contribution in [3.8, 4) is 0 Å². The average Bonchev–Trinajstić information content (AvgIpc) is 3.22. The summed E-state index contributed by atoms with van der Waals surface area (Å²) in [6.45, 7) is 8.48. The van der Waals surface area contributed by atoms with E-state index in [1.807, 2.05) is 0 Å². The van der Waals surface area contributed by atoms with E-state index in [-0.39, 0.29) is 6.10 Å². The molecule has 0 saturated heterocycles. The molecule has 1 aliphatic carbocycles. The van der Waals surface area contributed by atoms with Gasteiger partial charge < -0.3 is 5.11 Å². The van der Waals surface area contributed by atoms with Gasteiger partial charge in [-0.15, -0.1) is 0 Å². The van der Waals surface area contributed by atoms with Gasteiger partial charge in [-0.05, 0) is 50.2 Å². The molecule has 1 saturated carbocycles. The van der Waals surface area contributed by atoms with Crippen LogP contribution in [0.25, 0.3) is 0 Å². The molecule has 2 nitrogen and oxygen atoms in total. The molecule has 2 rings (SSSR count). The number of hydrogen-bond donors (Lipinski definition) is 1. The number of rotatable bonds is 7. The highest BCUT2D eigenvalue weighted by Gasteiger charge is 2.26. The molecular formula is C17H27NO. The Hall–Kier alpha value is -0.860. The topological polar surface area (TPSA) is 23.5 Å². The van der Waals surface area contributed by atoms with E-state index >= 15 is 0 Å². The minimum atomic E-state index is -0.368. The molecule has 0 heterocycles. The van der Waals surface area contributed by atoms with Crippen LogP contribution in [0.3, 0.4) is 0 Å². The van der Waals surface area contributed by atoms with Crippen LogP contribution in [0.5, 0.6) is 0 Å². The summed E-state index contributed by atoms with van der Waals surface area (Å²) in [4.78, 5) is 2.41. The standard InChI is InChI=1S/C17H27NO/c1-4-14-7-9-16(10-8-14)17(19)12-18(13(2)3)11-15-5-6-15/h7-10,13,15,17,19H,4-6,11-12H2,1-3H3. The van der Waals surface area contributed by atoms with Gasteiger partial charge in [0.15, 0.2) is 0 Å². The molecule has 0 amide bonds. The quantitative estimate of drug-likeness (QED) is 0.813. The van der Waals surface area contributed by atoms with Gasteiger partial charge in [0.2, 0.25) is 0 Å². The Kier molecular flexibility index (Phi) is 5.00. The van der Waals surface area contributed by atoms with E-state index < -0.39 is 0 Å². The molecule has 2 heteroatoms. The first-order valence-corrected chi connectivity index (χ1v) is 7.61. The van der Waals surface area contributed by atoms with Crippen molar-refractivity contribution in [2.45, 2.75) is 52.2 Å². The second kappa shape index (κ2) is 6.53. The minimum absolute atomic E-state index is 0.368. The van der Waals surface area contributed by atoms with E-state index in [1.54, 1.807) is 0 Å². The summed E-state index contributed by atoms with van der Waals surface area (Å²) in [6, 6.07) is 8.89. The molecule has 106 valence electrons. The molecule has 0 spiro atoms. The summed E-state index contributed by atoms with van der Waals surface area (Å²) >= 11 is 0. The third-order valence-electron chi connectivity index (χ3n) is 4.10. The summed E-state index contributed by atoms with van der Waals surface area (Å²) < 4.78 is 0. The van der Waals surface area contributed by atoms with Crippen LogP contribution in [0.4, 0.5) is 0 Å². The first kappa shape index (κ1) is 14.5. The van der Waals surface area contributed by atoms with Crippen LogP contribution in [-0.2, 0) is 6.42 Å². The van der Waals surface area contributed by atoms with Crippen LogP contribution in [0, 0.1) is 5.92 Å². The van der Waals surface area contributed by atoms with Crippen LogP contribution in [0.1, 0.15) is 50.8 Å². The summed E-state index contributed by atoms with van der Waals surface area (Å²) in [7, 11) is 0. The van der Waals surface area contributed by atoms with Crippen molar-refractivity contribution in [1.29, 1.82) is 0 Å². The first-order valence-electron chi connectivity index (χ1n) is 7.61. The molecule has 1 aromatic carbocycles. The molecule has 1 N–H and O–H groups in total. The molecule has 0 aromatic heterocycles. The largest absolute Gasteiger partial charge is 0.387 e. The zero-order chi connectivity index (χ0) is 13.8. The van der Waals surface area contributed by atoms with E-state index in [4.69, 9.17) is 0 Å². The fourth-order valence-electron chi connectivity index (χ4n) is 2.43. The highest BCUT2D eigenvalue weighted by atomic mass is 16.3. The van der Waals surface area contributed by atoms with Gasteiger partial charge >= 0.3 is 0 Å². The number of aryl methyl sites for hydroxylation is 1. The van der Waals surface area contributed by atoms with Crippen LogP contribution in [0.2, 0.25) is 0 Å². The third kappa shape index (κ3) is 4.32. The van der Waals surface area contributed by atoms with Crippen LogP contribution >= 0.6 is 0 Å². The zero-order valence-electron chi connectivity index (χ0n) is 12.5. The van der Waals surface area contributed by atoms with E-state index in [9.17, 15) is 5.11 Å². The second-order valence-electron chi connectivity index (χ2n) is 6.10. The average molecular weight is 261 g/mol. The fourth-order valence-corrected chi connectivity index (χ4v) is 2.43. The van der Waals surface area contributed by atoms with Crippen molar-refractivity contribution in [3.05, 3.63) is 35.4 Å². The van der Waals surface area contributed by atoms with E-state index in [0.717, 1.165) is 31.0 Å². The number of aliphatic hydroxyl groups excluding tert-OH is 1. The van der Waals surface area contributed by atoms with Crippen molar-refractivity contribution >= 4 is 0 Å². The van der Waals surface area contributed by atoms with Gasteiger partial charge in [-0.1, -0.05) is 31.2 Å². The Morgan fingerprint density at radius 3 is 2.32 bits per heavy atom. The molecule has 1 unspecified atom stereocenters. The third-order valence-corrected chi connectivity index (χ3v) is 4.10. The predicted octanol–water partition coefficient (Wildman–Crippen LogP) is 3.40. The number of nitrogens with zero attached hydrogens (tertiary/aromatic N) is 1. The Labute approximate surface area is 117 Å². The Balaban J connectivity index is 1.94. The Morgan fingerprint density at radius 2 is 1.84 bits per heavy atom. The van der Waals surface area contributed by atoms with Gasteiger partial charge in [0, 0.05) is 19.1 Å². The fraction of sp³-hybridized carbons (Fsp3) is 0.647. The van der Waals surface area contributed by atoms with E-state index in [1.165, 1.54) is 18.4 Å². The van der Waals surface area contributed by atoms with Gasteiger partial charge in [-0.25, -0.2) is 0 Å². The molecule has 1 aliphatic rings. The van der Waals surface area contributed by atoms with Crippen molar-refractivity contribution in [2.75, 3.05) is 13.1 Å². The van der Waals surface area contributed by atoms with E-state index in [2.05, 4.69) is 49.9 Å². The maximum Gasteiger partial charge on any atom is 0.0917 e. The summed E-state index contributed by atoms with van der Waals surface area (Å²) in [5, 5.41) is 10.4.